The summed E-state index contributed by atoms with van der Waals surface area (Å²) in [6.45, 7) is 4.19. The molecule has 0 fully saturated rings. The second kappa shape index (κ2) is 8.49. The zero-order chi connectivity index (χ0) is 13.2. The Morgan fingerprint density at radius 2 is 2.11 bits per heavy atom. The summed E-state index contributed by atoms with van der Waals surface area (Å²) in [5.74, 6) is 0. The first-order valence-corrected chi connectivity index (χ1v) is 6.04. The number of likely N-dealkylation sites (N-methyl/N-ethyl adjacent to an activating group) is 1. The number of nitrogens with one attached hydrogen (secondary N) is 2. The van der Waals surface area contributed by atoms with E-state index < -0.39 is 6.09 Å². The lowest BCUT2D eigenvalue weighted by Crippen LogP contribution is -2.44. The van der Waals surface area contributed by atoms with Gasteiger partial charge in [-0.2, -0.15) is 0 Å². The van der Waals surface area contributed by atoms with Crippen LogP contribution in [0.25, 0.3) is 0 Å². The van der Waals surface area contributed by atoms with E-state index in [9.17, 15) is 4.79 Å². The fraction of sp³-hybridized carbons (Fsp3) is 0.462. The Bertz CT molecular complexity index is 343. The van der Waals surface area contributed by atoms with Crippen LogP contribution in [0, 0.1) is 0 Å². The van der Waals surface area contributed by atoms with Crippen LogP contribution in [0.2, 0.25) is 0 Å². The van der Waals surface area contributed by atoms with E-state index in [1.54, 1.807) is 0 Å². The maximum Gasteiger partial charge on any atom is 0.405 e. The van der Waals surface area contributed by atoms with Gasteiger partial charge in [0.05, 0.1) is 19.3 Å². The average Bonchev–Trinajstić information content (AvgIpc) is 2.36. The summed E-state index contributed by atoms with van der Waals surface area (Å²) >= 11 is 0. The van der Waals surface area contributed by atoms with Crippen molar-refractivity contribution in [2.45, 2.75) is 19.6 Å². The molecule has 5 nitrogen and oxygen atoms in total. The van der Waals surface area contributed by atoms with E-state index in [0.717, 1.165) is 12.1 Å². The molecule has 0 bridgehead atoms. The van der Waals surface area contributed by atoms with Crippen molar-refractivity contribution in [3.8, 4) is 0 Å². The highest BCUT2D eigenvalue weighted by Gasteiger charge is 2.10. The third kappa shape index (κ3) is 6.22. The minimum atomic E-state index is -1.03. The molecule has 0 heterocycles. The summed E-state index contributed by atoms with van der Waals surface area (Å²) in [5, 5.41) is 14.2. The van der Waals surface area contributed by atoms with E-state index in [1.807, 2.05) is 37.3 Å². The molecule has 0 aliphatic carbocycles. The van der Waals surface area contributed by atoms with E-state index in [0.29, 0.717) is 19.8 Å². The molecule has 5 heteroatoms. The van der Waals surface area contributed by atoms with Gasteiger partial charge in [-0.1, -0.05) is 37.3 Å². The van der Waals surface area contributed by atoms with Crippen molar-refractivity contribution < 1.29 is 14.6 Å². The quantitative estimate of drug-likeness (QED) is 0.655. The molecule has 1 rings (SSSR count). The molecule has 1 atom stereocenters. The monoisotopic (exact) mass is 252 g/mol. The lowest BCUT2D eigenvalue weighted by atomic mass is 10.2. The maximum absolute atomic E-state index is 10.6. The smallest absolute Gasteiger partial charge is 0.405 e. The van der Waals surface area contributed by atoms with Gasteiger partial charge in [-0.3, -0.25) is 0 Å². The molecule has 0 unspecified atom stereocenters. The normalized spacial score (nSPS) is 12.1. The van der Waals surface area contributed by atoms with E-state index >= 15 is 0 Å². The number of hydrogen-bond donors (Lipinski definition) is 3. The van der Waals surface area contributed by atoms with Crippen LogP contribution in [-0.4, -0.2) is 36.9 Å². The van der Waals surface area contributed by atoms with Crippen LogP contribution >= 0.6 is 0 Å². The highest BCUT2D eigenvalue weighted by Crippen LogP contribution is 2.00. The van der Waals surface area contributed by atoms with Crippen molar-refractivity contribution in [1.29, 1.82) is 0 Å². The topological polar surface area (TPSA) is 70.6 Å². The van der Waals surface area contributed by atoms with Gasteiger partial charge in [-0.25, -0.2) is 4.79 Å². The van der Waals surface area contributed by atoms with E-state index in [1.165, 1.54) is 0 Å². The van der Waals surface area contributed by atoms with Gasteiger partial charge in [0.1, 0.15) is 0 Å². The SMILES string of the molecule is CCNC[C@H](COCc1ccccc1)NC(=O)O. The molecule has 0 saturated carbocycles. The second-order valence-electron chi connectivity index (χ2n) is 3.95. The third-order valence-electron chi connectivity index (χ3n) is 2.40. The largest absolute Gasteiger partial charge is 0.465 e. The molecule has 1 amide bonds. The third-order valence-corrected chi connectivity index (χ3v) is 2.40. The Kier molecular flexibility index (Phi) is 6.83. The predicted molar refractivity (Wildman–Crippen MR) is 69.6 cm³/mol. The lowest BCUT2D eigenvalue weighted by molar-refractivity contribution is 0.0962. The van der Waals surface area contributed by atoms with Crippen molar-refractivity contribution in [3.63, 3.8) is 0 Å². The Balaban J connectivity index is 2.30. The van der Waals surface area contributed by atoms with Gasteiger partial charge < -0.3 is 20.5 Å². The van der Waals surface area contributed by atoms with Crippen LogP contribution in [0.1, 0.15) is 12.5 Å². The fourth-order valence-electron chi connectivity index (χ4n) is 1.54. The Morgan fingerprint density at radius 1 is 1.39 bits per heavy atom. The second-order valence-corrected chi connectivity index (χ2v) is 3.95. The number of rotatable bonds is 8. The van der Waals surface area contributed by atoms with Gasteiger partial charge in [0, 0.05) is 6.54 Å². The number of ether oxygens (including phenoxy) is 1. The van der Waals surface area contributed by atoms with Gasteiger partial charge in [0.2, 0.25) is 0 Å². The van der Waals surface area contributed by atoms with E-state index in [4.69, 9.17) is 9.84 Å². The fourth-order valence-corrected chi connectivity index (χ4v) is 1.54. The summed E-state index contributed by atoms with van der Waals surface area (Å²) in [6, 6.07) is 9.57. The van der Waals surface area contributed by atoms with Crippen LogP contribution in [0.5, 0.6) is 0 Å². The van der Waals surface area contributed by atoms with Crippen LogP contribution in [0.4, 0.5) is 4.79 Å². The number of hydrogen-bond acceptors (Lipinski definition) is 3. The molecule has 3 N–H and O–H groups in total. The average molecular weight is 252 g/mol. The molecule has 100 valence electrons. The minimum absolute atomic E-state index is 0.230. The van der Waals surface area contributed by atoms with Crippen molar-refractivity contribution in [2.24, 2.45) is 0 Å². The van der Waals surface area contributed by atoms with Gasteiger partial charge in [-0.05, 0) is 12.1 Å². The molecular formula is C13H20N2O3. The Hall–Kier alpha value is -1.59. The van der Waals surface area contributed by atoms with E-state index in [-0.39, 0.29) is 6.04 Å². The standard InChI is InChI=1S/C13H20N2O3/c1-2-14-8-12(15-13(16)17)10-18-9-11-6-4-3-5-7-11/h3-7,12,14-15H,2,8-10H2,1H3,(H,16,17)/t12-/m1/s1. The Morgan fingerprint density at radius 3 is 2.72 bits per heavy atom. The van der Waals surface area contributed by atoms with Crippen molar-refractivity contribution >= 4 is 6.09 Å². The summed E-state index contributed by atoms with van der Waals surface area (Å²) in [7, 11) is 0. The van der Waals surface area contributed by atoms with Gasteiger partial charge >= 0.3 is 6.09 Å². The predicted octanol–water partition coefficient (Wildman–Crippen LogP) is 1.45. The summed E-state index contributed by atoms with van der Waals surface area (Å²) in [4.78, 5) is 10.6. The molecule has 0 spiro atoms. The molecule has 0 aliphatic heterocycles. The van der Waals surface area contributed by atoms with Gasteiger partial charge in [0.15, 0.2) is 0 Å². The first-order valence-electron chi connectivity index (χ1n) is 6.04. The summed E-state index contributed by atoms with van der Waals surface area (Å²) in [6.07, 6.45) is -1.03. The summed E-state index contributed by atoms with van der Waals surface area (Å²) < 4.78 is 5.51. The Labute approximate surface area is 107 Å². The highest BCUT2D eigenvalue weighted by molar-refractivity contribution is 5.64. The molecule has 1 aromatic carbocycles. The zero-order valence-corrected chi connectivity index (χ0v) is 10.6. The van der Waals surface area contributed by atoms with Crippen LogP contribution in [0.3, 0.4) is 0 Å². The highest BCUT2D eigenvalue weighted by atomic mass is 16.5. The lowest BCUT2D eigenvalue weighted by Gasteiger charge is -2.17. The molecule has 0 aromatic heterocycles. The first kappa shape index (κ1) is 14.5. The van der Waals surface area contributed by atoms with Crippen molar-refractivity contribution in [2.75, 3.05) is 19.7 Å². The number of benzene rings is 1. The van der Waals surface area contributed by atoms with Gasteiger partial charge in [0.25, 0.3) is 0 Å². The number of amides is 1. The molecule has 1 aromatic rings. The molecule has 0 saturated heterocycles. The molecule has 18 heavy (non-hydrogen) atoms. The van der Waals surface area contributed by atoms with Crippen LogP contribution in [0.15, 0.2) is 30.3 Å². The first-order chi connectivity index (χ1) is 8.72. The molecule has 0 radical (unpaired) electrons. The number of carboxylic acid groups (broad SMARTS) is 1. The van der Waals surface area contributed by atoms with Crippen LogP contribution in [-0.2, 0) is 11.3 Å². The molecular weight excluding hydrogens is 232 g/mol. The zero-order valence-electron chi connectivity index (χ0n) is 10.6. The van der Waals surface area contributed by atoms with Gasteiger partial charge in [-0.15, -0.1) is 0 Å². The minimum Gasteiger partial charge on any atom is -0.465 e. The maximum atomic E-state index is 10.6. The van der Waals surface area contributed by atoms with Crippen molar-refractivity contribution in [1.82, 2.24) is 10.6 Å². The van der Waals surface area contributed by atoms with E-state index in [2.05, 4.69) is 10.6 Å². The summed E-state index contributed by atoms with van der Waals surface area (Å²) in [5.41, 5.74) is 1.08. The van der Waals surface area contributed by atoms with Crippen molar-refractivity contribution in [3.05, 3.63) is 35.9 Å². The molecule has 0 aliphatic rings. The number of carbonyl (C=O) groups is 1. The van der Waals surface area contributed by atoms with Crippen LogP contribution < -0.4 is 10.6 Å².